The molecule has 2 N–H and O–H groups in total. The van der Waals surface area contributed by atoms with Gasteiger partial charge >= 0.3 is 0 Å². The molecule has 1 aliphatic rings. The van der Waals surface area contributed by atoms with E-state index in [0.29, 0.717) is 32.8 Å². The van der Waals surface area contributed by atoms with Crippen molar-refractivity contribution in [1.82, 2.24) is 20.7 Å². The van der Waals surface area contributed by atoms with E-state index in [1.54, 1.807) is 12.1 Å². The maximum absolute atomic E-state index is 12.6. The average Bonchev–Trinajstić information content (AvgIpc) is 3.01. The van der Waals surface area contributed by atoms with Crippen molar-refractivity contribution in [2.24, 2.45) is 0 Å². The van der Waals surface area contributed by atoms with Gasteiger partial charge in [0.1, 0.15) is 4.32 Å². The summed E-state index contributed by atoms with van der Waals surface area (Å²) in [5.74, 6) is -1.02. The van der Waals surface area contributed by atoms with Crippen LogP contribution in [0.15, 0.2) is 53.7 Å². The van der Waals surface area contributed by atoms with Gasteiger partial charge in [0.25, 0.3) is 11.8 Å². The predicted molar refractivity (Wildman–Crippen MR) is 120 cm³/mol. The van der Waals surface area contributed by atoms with Gasteiger partial charge in [0.05, 0.1) is 4.91 Å². The van der Waals surface area contributed by atoms with Crippen LogP contribution in [0, 0.1) is 0 Å². The highest BCUT2D eigenvalue weighted by molar-refractivity contribution is 8.26. The van der Waals surface area contributed by atoms with Crippen LogP contribution in [-0.4, -0.2) is 38.5 Å². The van der Waals surface area contributed by atoms with Gasteiger partial charge in [0.2, 0.25) is 5.91 Å². The number of hydrogen-bond donors (Lipinski definition) is 2. The molecule has 1 aromatic carbocycles. The molecule has 3 rings (SSSR count). The number of thiocarbonyl (C=S) groups is 1. The largest absolute Gasteiger partial charge is 0.293 e. The number of thioether (sulfide) groups is 1. The summed E-state index contributed by atoms with van der Waals surface area (Å²) in [5.41, 5.74) is 5.81. The minimum Gasteiger partial charge on any atom is -0.293 e. The number of halogens is 1. The van der Waals surface area contributed by atoms with Gasteiger partial charge in [-0.15, -0.1) is 0 Å². The molecule has 30 heavy (non-hydrogen) atoms. The fourth-order valence-corrected chi connectivity index (χ4v) is 4.08. The molecule has 7 nitrogen and oxygen atoms in total. The van der Waals surface area contributed by atoms with E-state index in [4.69, 9.17) is 23.8 Å². The van der Waals surface area contributed by atoms with Gasteiger partial charge in [0, 0.05) is 35.9 Å². The Hall–Kier alpha value is -2.75. The van der Waals surface area contributed by atoms with Gasteiger partial charge in [-0.25, -0.2) is 0 Å². The summed E-state index contributed by atoms with van der Waals surface area (Å²) in [4.78, 5) is 42.2. The van der Waals surface area contributed by atoms with Crippen LogP contribution in [0.1, 0.15) is 28.8 Å². The Kier molecular flexibility index (Phi) is 7.56. The van der Waals surface area contributed by atoms with E-state index in [1.165, 1.54) is 41.2 Å². The fraction of sp³-hybridized carbons (Fsp3) is 0.150. The lowest BCUT2D eigenvalue weighted by molar-refractivity contribution is -0.124. The molecule has 0 radical (unpaired) electrons. The average molecular weight is 461 g/mol. The minimum atomic E-state index is -0.438. The molecular formula is C20H17ClN4O3S2. The Morgan fingerprint density at radius 1 is 1.17 bits per heavy atom. The van der Waals surface area contributed by atoms with Crippen molar-refractivity contribution in [2.75, 3.05) is 6.54 Å². The maximum Gasteiger partial charge on any atom is 0.269 e. The van der Waals surface area contributed by atoms with Crippen LogP contribution in [0.25, 0.3) is 6.08 Å². The highest BCUT2D eigenvalue weighted by Crippen LogP contribution is 2.33. The monoisotopic (exact) mass is 460 g/mol. The first-order valence-electron chi connectivity index (χ1n) is 8.95. The molecule has 0 bridgehead atoms. The van der Waals surface area contributed by atoms with E-state index in [2.05, 4.69) is 15.8 Å². The number of aromatic nitrogens is 1. The smallest absolute Gasteiger partial charge is 0.269 e. The van der Waals surface area contributed by atoms with Gasteiger partial charge in [0.15, 0.2) is 0 Å². The number of hydrazine groups is 1. The molecule has 2 aromatic rings. The normalized spacial score (nSPS) is 14.8. The molecular weight excluding hydrogens is 444 g/mol. The van der Waals surface area contributed by atoms with Gasteiger partial charge in [-0.2, -0.15) is 0 Å². The third kappa shape index (κ3) is 5.65. The molecule has 0 aliphatic carbocycles. The van der Waals surface area contributed by atoms with E-state index in [0.717, 1.165) is 5.56 Å². The van der Waals surface area contributed by atoms with Crippen LogP contribution < -0.4 is 10.9 Å². The number of nitrogens with one attached hydrogen (secondary N) is 2. The number of benzene rings is 1. The second-order valence-corrected chi connectivity index (χ2v) is 8.28. The van der Waals surface area contributed by atoms with E-state index < -0.39 is 5.91 Å². The number of amides is 3. The van der Waals surface area contributed by atoms with Gasteiger partial charge < -0.3 is 0 Å². The number of pyridine rings is 1. The second-order valence-electron chi connectivity index (χ2n) is 6.20. The first kappa shape index (κ1) is 21.9. The standard InChI is InChI=1S/C20H17ClN4O3S2/c21-15-5-2-1-4-14(15)12-16-19(28)25(20(29)30-16)11-3-6-17(26)23-24-18(27)13-7-9-22-10-8-13/h1-2,4-5,7-10,12H,3,6,11H2,(H,23,26)(H,24,27). The Morgan fingerprint density at radius 3 is 2.63 bits per heavy atom. The van der Waals surface area contributed by atoms with E-state index in [1.807, 2.05) is 18.2 Å². The van der Waals surface area contributed by atoms with Crippen molar-refractivity contribution >= 4 is 63.7 Å². The lowest BCUT2D eigenvalue weighted by Crippen LogP contribution is -2.41. The predicted octanol–water partition coefficient (Wildman–Crippen LogP) is 3.18. The van der Waals surface area contributed by atoms with Crippen molar-refractivity contribution in [3.8, 4) is 0 Å². The van der Waals surface area contributed by atoms with Crippen molar-refractivity contribution < 1.29 is 14.4 Å². The second kappa shape index (κ2) is 10.3. The van der Waals surface area contributed by atoms with E-state index in [9.17, 15) is 14.4 Å². The molecule has 1 aliphatic heterocycles. The lowest BCUT2D eigenvalue weighted by atomic mass is 10.2. The maximum atomic E-state index is 12.6. The molecule has 2 heterocycles. The van der Waals surface area contributed by atoms with Crippen LogP contribution in [0.3, 0.4) is 0 Å². The summed E-state index contributed by atoms with van der Waals surface area (Å²) < 4.78 is 0.435. The Bertz CT molecular complexity index is 1010. The number of carbonyl (C=O) groups excluding carboxylic acids is 3. The molecule has 0 unspecified atom stereocenters. The van der Waals surface area contributed by atoms with Crippen LogP contribution in [-0.2, 0) is 9.59 Å². The van der Waals surface area contributed by atoms with Crippen molar-refractivity contribution in [1.29, 1.82) is 0 Å². The first-order chi connectivity index (χ1) is 14.5. The van der Waals surface area contributed by atoms with E-state index in [-0.39, 0.29) is 18.2 Å². The van der Waals surface area contributed by atoms with Crippen LogP contribution in [0.5, 0.6) is 0 Å². The number of hydrogen-bond acceptors (Lipinski definition) is 6. The van der Waals surface area contributed by atoms with Gasteiger partial charge in [-0.3, -0.25) is 35.1 Å². The fourth-order valence-electron chi connectivity index (χ4n) is 2.59. The van der Waals surface area contributed by atoms with Crippen LogP contribution >= 0.6 is 35.6 Å². The number of carbonyl (C=O) groups is 3. The summed E-state index contributed by atoms with van der Waals surface area (Å²) in [7, 11) is 0. The quantitative estimate of drug-likeness (QED) is 0.391. The summed E-state index contributed by atoms with van der Waals surface area (Å²) in [6, 6.07) is 10.3. The summed E-state index contributed by atoms with van der Waals surface area (Å²) in [6.07, 6.45) is 5.20. The highest BCUT2D eigenvalue weighted by Gasteiger charge is 2.31. The van der Waals surface area contributed by atoms with E-state index >= 15 is 0 Å². The molecule has 10 heteroatoms. The molecule has 154 valence electrons. The third-order valence-corrected chi connectivity index (χ3v) is 5.83. The summed E-state index contributed by atoms with van der Waals surface area (Å²) in [5, 5.41) is 0.549. The lowest BCUT2D eigenvalue weighted by Gasteiger charge is -2.14. The van der Waals surface area contributed by atoms with Crippen molar-refractivity contribution in [2.45, 2.75) is 12.8 Å². The Balaban J connectivity index is 1.47. The van der Waals surface area contributed by atoms with Gasteiger partial charge in [-0.1, -0.05) is 53.8 Å². The number of nitrogens with zero attached hydrogens (tertiary/aromatic N) is 2. The zero-order valence-electron chi connectivity index (χ0n) is 15.6. The molecule has 3 amide bonds. The molecule has 0 atom stereocenters. The zero-order chi connectivity index (χ0) is 21.5. The molecule has 1 aromatic heterocycles. The summed E-state index contributed by atoms with van der Waals surface area (Å²) >= 11 is 12.6. The molecule has 0 spiro atoms. The highest BCUT2D eigenvalue weighted by atomic mass is 35.5. The molecule has 1 fully saturated rings. The SMILES string of the molecule is O=C(CCCN1C(=O)C(=Cc2ccccc2Cl)SC1=S)NNC(=O)c1ccncc1. The third-order valence-electron chi connectivity index (χ3n) is 4.11. The Morgan fingerprint density at radius 2 is 1.90 bits per heavy atom. The van der Waals surface area contributed by atoms with Crippen molar-refractivity contribution in [3.63, 3.8) is 0 Å². The van der Waals surface area contributed by atoms with Crippen LogP contribution in [0.2, 0.25) is 5.02 Å². The van der Waals surface area contributed by atoms with Crippen LogP contribution in [0.4, 0.5) is 0 Å². The van der Waals surface area contributed by atoms with Crippen molar-refractivity contribution in [3.05, 3.63) is 69.8 Å². The zero-order valence-corrected chi connectivity index (χ0v) is 18.0. The summed E-state index contributed by atoms with van der Waals surface area (Å²) in [6.45, 7) is 0.302. The minimum absolute atomic E-state index is 0.122. The first-order valence-corrected chi connectivity index (χ1v) is 10.5. The van der Waals surface area contributed by atoms with Gasteiger partial charge in [-0.05, 0) is 36.3 Å². The number of rotatable bonds is 6. The molecule has 1 saturated heterocycles. The Labute approximate surface area is 187 Å². The topological polar surface area (TPSA) is 91.4 Å². The molecule has 0 saturated carbocycles.